The highest BCUT2D eigenvalue weighted by molar-refractivity contribution is 7.98. The summed E-state index contributed by atoms with van der Waals surface area (Å²) in [5, 5.41) is 8.72. The summed E-state index contributed by atoms with van der Waals surface area (Å²) in [5.41, 5.74) is 1.42. The number of hydrogen-bond acceptors (Lipinski definition) is 3. The van der Waals surface area contributed by atoms with Crippen LogP contribution in [0.4, 0.5) is 10.1 Å². The van der Waals surface area contributed by atoms with Crippen molar-refractivity contribution in [3.8, 4) is 0 Å². The number of rotatable bonds is 7. The van der Waals surface area contributed by atoms with Gasteiger partial charge in [-0.15, -0.1) is 0 Å². The van der Waals surface area contributed by atoms with Crippen LogP contribution in [0, 0.1) is 5.82 Å². The normalized spacial score (nSPS) is 12.6. The lowest BCUT2D eigenvalue weighted by Crippen LogP contribution is -2.33. The molecule has 0 aliphatic heterocycles. The van der Waals surface area contributed by atoms with E-state index in [1.54, 1.807) is 17.8 Å². The quantitative estimate of drug-likeness (QED) is 0.782. The van der Waals surface area contributed by atoms with E-state index in [1.165, 1.54) is 18.2 Å². The third-order valence-corrected chi connectivity index (χ3v) is 3.87. The number of carboxylic acid groups (broad SMARTS) is 1. The molecule has 0 saturated carbocycles. The molecule has 0 saturated heterocycles. The van der Waals surface area contributed by atoms with Gasteiger partial charge in [0.15, 0.2) is 0 Å². The molecular weight excluding hydrogens is 277 g/mol. The molecule has 0 aliphatic rings. The van der Waals surface area contributed by atoms with Crippen molar-refractivity contribution in [3.05, 3.63) is 35.7 Å². The standard InChI is InChI=1S/C15H20FNO2S/c1-4-13(10-20-3)17(2)14-7-6-12(16)9-11(14)5-8-15(18)19/h5-9,13H,4,10H2,1-3H3,(H,18,19)/b8-5+. The molecule has 3 nitrogen and oxygen atoms in total. The first-order chi connectivity index (χ1) is 9.49. The van der Waals surface area contributed by atoms with Gasteiger partial charge in [-0.3, -0.25) is 0 Å². The van der Waals surface area contributed by atoms with Crippen molar-refractivity contribution in [2.45, 2.75) is 19.4 Å². The van der Waals surface area contributed by atoms with E-state index in [1.807, 2.05) is 13.3 Å². The van der Waals surface area contributed by atoms with Crippen LogP contribution in [0.5, 0.6) is 0 Å². The largest absolute Gasteiger partial charge is 0.478 e. The molecule has 5 heteroatoms. The van der Waals surface area contributed by atoms with E-state index in [9.17, 15) is 9.18 Å². The average molecular weight is 297 g/mol. The minimum absolute atomic E-state index is 0.326. The molecule has 0 aromatic heterocycles. The molecule has 1 aromatic carbocycles. The molecule has 110 valence electrons. The summed E-state index contributed by atoms with van der Waals surface area (Å²) in [6.45, 7) is 2.10. The van der Waals surface area contributed by atoms with E-state index >= 15 is 0 Å². The molecule has 1 unspecified atom stereocenters. The molecule has 1 N–H and O–H groups in total. The van der Waals surface area contributed by atoms with Gasteiger partial charge >= 0.3 is 5.97 Å². The predicted octanol–water partition coefficient (Wildman–Crippen LogP) is 3.50. The van der Waals surface area contributed by atoms with Gasteiger partial charge < -0.3 is 10.0 Å². The number of carbonyl (C=O) groups is 1. The van der Waals surface area contributed by atoms with Crippen molar-refractivity contribution in [3.63, 3.8) is 0 Å². The first-order valence-electron chi connectivity index (χ1n) is 6.41. The maximum atomic E-state index is 13.4. The zero-order chi connectivity index (χ0) is 15.1. The van der Waals surface area contributed by atoms with Gasteiger partial charge in [0, 0.05) is 36.2 Å². The fourth-order valence-corrected chi connectivity index (χ4v) is 2.88. The van der Waals surface area contributed by atoms with Crippen molar-refractivity contribution in [1.82, 2.24) is 0 Å². The van der Waals surface area contributed by atoms with Gasteiger partial charge in [0.1, 0.15) is 5.82 Å². The molecule has 0 amide bonds. The highest BCUT2D eigenvalue weighted by atomic mass is 32.2. The van der Waals surface area contributed by atoms with Crippen LogP contribution in [-0.4, -0.2) is 36.2 Å². The van der Waals surface area contributed by atoms with Gasteiger partial charge in [0.2, 0.25) is 0 Å². The van der Waals surface area contributed by atoms with Crippen LogP contribution in [0.3, 0.4) is 0 Å². The number of carboxylic acids is 1. The number of hydrogen-bond donors (Lipinski definition) is 1. The van der Waals surface area contributed by atoms with Crippen molar-refractivity contribution >= 4 is 29.5 Å². The zero-order valence-corrected chi connectivity index (χ0v) is 12.8. The molecule has 0 radical (unpaired) electrons. The molecule has 20 heavy (non-hydrogen) atoms. The van der Waals surface area contributed by atoms with E-state index in [0.29, 0.717) is 11.6 Å². The number of benzene rings is 1. The van der Waals surface area contributed by atoms with Crippen LogP contribution in [-0.2, 0) is 4.79 Å². The number of thioether (sulfide) groups is 1. The summed E-state index contributed by atoms with van der Waals surface area (Å²) < 4.78 is 13.4. The second-order valence-electron chi connectivity index (χ2n) is 4.50. The zero-order valence-electron chi connectivity index (χ0n) is 12.0. The van der Waals surface area contributed by atoms with Gasteiger partial charge in [-0.25, -0.2) is 9.18 Å². The van der Waals surface area contributed by atoms with Crippen LogP contribution in [0.25, 0.3) is 6.08 Å². The second kappa shape index (κ2) is 7.94. The second-order valence-corrected chi connectivity index (χ2v) is 5.41. The first kappa shape index (κ1) is 16.6. The Morgan fingerprint density at radius 2 is 2.25 bits per heavy atom. The van der Waals surface area contributed by atoms with Crippen molar-refractivity contribution < 1.29 is 14.3 Å². The summed E-state index contributed by atoms with van der Waals surface area (Å²) in [5.74, 6) is -0.448. The third-order valence-electron chi connectivity index (χ3n) is 3.15. The third kappa shape index (κ3) is 4.56. The lowest BCUT2D eigenvalue weighted by Gasteiger charge is -2.30. The highest BCUT2D eigenvalue weighted by Crippen LogP contribution is 2.25. The smallest absolute Gasteiger partial charge is 0.328 e. The van der Waals surface area contributed by atoms with E-state index in [0.717, 1.165) is 23.9 Å². The van der Waals surface area contributed by atoms with Crippen molar-refractivity contribution in [1.29, 1.82) is 0 Å². The Balaban J connectivity index is 3.12. The lowest BCUT2D eigenvalue weighted by atomic mass is 10.1. The van der Waals surface area contributed by atoms with E-state index in [2.05, 4.69) is 11.8 Å². The topological polar surface area (TPSA) is 40.5 Å². The molecule has 0 bridgehead atoms. The summed E-state index contributed by atoms with van der Waals surface area (Å²) in [6.07, 6.45) is 5.48. The average Bonchev–Trinajstić information content (AvgIpc) is 2.42. The maximum Gasteiger partial charge on any atom is 0.328 e. The number of halogens is 1. The molecule has 0 spiro atoms. The summed E-state index contributed by atoms with van der Waals surface area (Å²) in [6, 6.07) is 4.78. The van der Waals surface area contributed by atoms with Crippen molar-refractivity contribution in [2.24, 2.45) is 0 Å². The highest BCUT2D eigenvalue weighted by Gasteiger charge is 2.15. The molecule has 1 rings (SSSR count). The Bertz CT molecular complexity index is 491. The Labute approximate surface area is 123 Å². The van der Waals surface area contributed by atoms with Crippen LogP contribution >= 0.6 is 11.8 Å². The Morgan fingerprint density at radius 1 is 1.55 bits per heavy atom. The van der Waals surface area contributed by atoms with Gasteiger partial charge in [0.05, 0.1) is 0 Å². The van der Waals surface area contributed by atoms with Crippen LogP contribution < -0.4 is 4.90 Å². The van der Waals surface area contributed by atoms with Gasteiger partial charge in [-0.1, -0.05) is 6.92 Å². The number of anilines is 1. The predicted molar refractivity (Wildman–Crippen MR) is 83.9 cm³/mol. The molecule has 1 atom stereocenters. The minimum atomic E-state index is -1.04. The number of aliphatic carboxylic acids is 1. The monoisotopic (exact) mass is 297 g/mol. The van der Waals surface area contributed by atoms with Crippen molar-refractivity contribution in [2.75, 3.05) is 24.0 Å². The van der Waals surface area contributed by atoms with E-state index in [4.69, 9.17) is 5.11 Å². The molecule has 0 aliphatic carbocycles. The molecule has 1 aromatic rings. The Kier molecular flexibility index (Phi) is 6.58. The fraction of sp³-hybridized carbons (Fsp3) is 0.400. The maximum absolute atomic E-state index is 13.4. The van der Waals surface area contributed by atoms with Crippen LogP contribution in [0.2, 0.25) is 0 Å². The molecular formula is C15H20FNO2S. The van der Waals surface area contributed by atoms with E-state index in [-0.39, 0.29) is 5.82 Å². The molecule has 0 heterocycles. The molecule has 0 fully saturated rings. The Hall–Kier alpha value is -1.49. The Morgan fingerprint density at radius 3 is 2.80 bits per heavy atom. The van der Waals surface area contributed by atoms with Crippen LogP contribution in [0.1, 0.15) is 18.9 Å². The number of nitrogens with zero attached hydrogens (tertiary/aromatic N) is 1. The first-order valence-corrected chi connectivity index (χ1v) is 7.81. The summed E-state index contributed by atoms with van der Waals surface area (Å²) in [4.78, 5) is 12.7. The van der Waals surface area contributed by atoms with Gasteiger partial charge in [-0.2, -0.15) is 11.8 Å². The fourth-order valence-electron chi connectivity index (χ4n) is 2.03. The van der Waals surface area contributed by atoms with Crippen LogP contribution in [0.15, 0.2) is 24.3 Å². The lowest BCUT2D eigenvalue weighted by molar-refractivity contribution is -0.131. The van der Waals surface area contributed by atoms with Gasteiger partial charge in [0.25, 0.3) is 0 Å². The van der Waals surface area contributed by atoms with E-state index < -0.39 is 5.97 Å². The summed E-state index contributed by atoms with van der Waals surface area (Å²) >= 11 is 1.76. The minimum Gasteiger partial charge on any atom is -0.478 e. The summed E-state index contributed by atoms with van der Waals surface area (Å²) in [7, 11) is 1.95. The SMILES string of the molecule is CCC(CSC)N(C)c1ccc(F)cc1/C=C/C(=O)O. The van der Waals surface area contributed by atoms with Gasteiger partial charge in [-0.05, 0) is 37.0 Å².